The summed E-state index contributed by atoms with van der Waals surface area (Å²) in [6, 6.07) is 3.05. The number of nitrogens with zero attached hydrogens (tertiary/aromatic N) is 3. The van der Waals surface area contributed by atoms with Crippen molar-refractivity contribution in [3.8, 4) is 0 Å². The lowest BCUT2D eigenvalue weighted by atomic mass is 10.1. The van der Waals surface area contributed by atoms with E-state index in [0.29, 0.717) is 22.9 Å². The molecule has 5 nitrogen and oxygen atoms in total. The van der Waals surface area contributed by atoms with Gasteiger partial charge in [-0.25, -0.2) is 9.97 Å². The van der Waals surface area contributed by atoms with Crippen molar-refractivity contribution in [2.24, 2.45) is 0 Å². The van der Waals surface area contributed by atoms with Gasteiger partial charge in [-0.2, -0.15) is 13.2 Å². The minimum absolute atomic E-state index is 0.0109. The summed E-state index contributed by atoms with van der Waals surface area (Å²) in [5.41, 5.74) is 5.50. The summed E-state index contributed by atoms with van der Waals surface area (Å²) in [7, 11) is 0. The predicted octanol–water partition coefficient (Wildman–Crippen LogP) is 4.79. The van der Waals surface area contributed by atoms with Crippen LogP contribution < -0.4 is 5.73 Å². The molecule has 0 fully saturated rings. The molecule has 0 radical (unpaired) electrons. The lowest BCUT2D eigenvalue weighted by Crippen LogP contribution is -2.04. The SMILES string of the molecule is CSc1cc(N)nc(SC(C)c2cc3c(C(F)(F)F)coc3cn2)n1. The van der Waals surface area contributed by atoms with E-state index in [2.05, 4.69) is 15.0 Å². The van der Waals surface area contributed by atoms with E-state index in [1.807, 2.05) is 13.2 Å². The maximum atomic E-state index is 13.0. The molecule has 2 N–H and O–H groups in total. The van der Waals surface area contributed by atoms with Crippen molar-refractivity contribution in [1.82, 2.24) is 15.0 Å². The van der Waals surface area contributed by atoms with Gasteiger partial charge in [0, 0.05) is 11.5 Å². The summed E-state index contributed by atoms with van der Waals surface area (Å²) in [5.74, 6) is 0.339. The zero-order chi connectivity index (χ0) is 18.2. The molecule has 3 heterocycles. The molecular formula is C15H13F3N4OS2. The molecule has 1 atom stereocenters. The Morgan fingerprint density at radius 2 is 2.00 bits per heavy atom. The van der Waals surface area contributed by atoms with Gasteiger partial charge in [0.2, 0.25) is 0 Å². The standard InChI is InChI=1S/C15H13F3N4OS2/c1-7(25-14-21-12(19)4-13(22-14)24-2)10-3-8-9(15(16,17)18)6-23-11(8)5-20-10/h3-7H,1-2H3,(H2,19,21,22). The maximum absolute atomic E-state index is 13.0. The monoisotopic (exact) mass is 386 g/mol. The fraction of sp³-hybridized carbons (Fsp3) is 0.267. The fourth-order valence-corrected chi connectivity index (χ4v) is 3.54. The lowest BCUT2D eigenvalue weighted by molar-refractivity contribution is -0.136. The number of hydrogen-bond donors (Lipinski definition) is 1. The Balaban J connectivity index is 1.92. The number of aromatic nitrogens is 3. The number of furan rings is 1. The molecule has 0 amide bonds. The smallest absolute Gasteiger partial charge is 0.420 e. The third-order valence-electron chi connectivity index (χ3n) is 3.40. The summed E-state index contributed by atoms with van der Waals surface area (Å²) in [5, 5.41) is 0.891. The van der Waals surface area contributed by atoms with Gasteiger partial charge in [-0.15, -0.1) is 11.8 Å². The molecule has 3 rings (SSSR count). The fourth-order valence-electron chi connectivity index (χ4n) is 2.19. The van der Waals surface area contributed by atoms with Crippen molar-refractivity contribution in [2.45, 2.75) is 28.5 Å². The highest BCUT2D eigenvalue weighted by atomic mass is 32.2. The molecule has 3 aromatic heterocycles. The number of halogens is 3. The van der Waals surface area contributed by atoms with Crippen LogP contribution in [0.25, 0.3) is 11.0 Å². The van der Waals surface area contributed by atoms with Crippen LogP contribution in [0.1, 0.15) is 23.4 Å². The third-order valence-corrected chi connectivity index (χ3v) is 5.01. The summed E-state index contributed by atoms with van der Waals surface area (Å²) in [4.78, 5) is 12.7. The van der Waals surface area contributed by atoms with Gasteiger partial charge in [-0.3, -0.25) is 4.98 Å². The molecule has 25 heavy (non-hydrogen) atoms. The van der Waals surface area contributed by atoms with Crippen molar-refractivity contribution < 1.29 is 17.6 Å². The van der Waals surface area contributed by atoms with Gasteiger partial charge >= 0.3 is 6.18 Å². The Kier molecular flexibility index (Phi) is 4.83. The molecule has 0 aliphatic rings. The van der Waals surface area contributed by atoms with E-state index in [4.69, 9.17) is 10.2 Å². The first kappa shape index (κ1) is 17.9. The molecule has 0 saturated heterocycles. The van der Waals surface area contributed by atoms with Crippen LogP contribution in [-0.2, 0) is 6.18 Å². The van der Waals surface area contributed by atoms with E-state index in [-0.39, 0.29) is 16.2 Å². The second-order valence-corrected chi connectivity index (χ2v) is 7.26. The Hall–Kier alpha value is -1.94. The molecule has 0 bridgehead atoms. The van der Waals surface area contributed by atoms with Crippen molar-refractivity contribution in [3.05, 3.63) is 35.9 Å². The van der Waals surface area contributed by atoms with Crippen LogP contribution in [0.4, 0.5) is 19.0 Å². The van der Waals surface area contributed by atoms with Crippen molar-refractivity contribution in [3.63, 3.8) is 0 Å². The molecule has 132 valence electrons. The highest BCUT2D eigenvalue weighted by molar-refractivity contribution is 7.99. The number of thioether (sulfide) groups is 2. The van der Waals surface area contributed by atoms with Crippen molar-refractivity contribution in [1.29, 1.82) is 0 Å². The van der Waals surface area contributed by atoms with Crippen LogP contribution >= 0.6 is 23.5 Å². The summed E-state index contributed by atoms with van der Waals surface area (Å²) < 4.78 is 44.1. The van der Waals surface area contributed by atoms with Gasteiger partial charge in [0.25, 0.3) is 0 Å². The molecule has 10 heteroatoms. The first-order valence-corrected chi connectivity index (χ1v) is 9.18. The van der Waals surface area contributed by atoms with E-state index in [1.54, 1.807) is 6.07 Å². The quantitative estimate of drug-likeness (QED) is 0.392. The first-order chi connectivity index (χ1) is 11.8. The molecule has 0 spiro atoms. The predicted molar refractivity (Wildman–Crippen MR) is 91.5 cm³/mol. The van der Waals surface area contributed by atoms with Crippen LogP contribution in [0, 0.1) is 0 Å². The summed E-state index contributed by atoms with van der Waals surface area (Å²) in [6.45, 7) is 1.82. The van der Waals surface area contributed by atoms with E-state index in [1.165, 1.54) is 35.8 Å². The molecule has 0 aromatic carbocycles. The summed E-state index contributed by atoms with van der Waals surface area (Å²) in [6.07, 6.45) is -0.610. The van der Waals surface area contributed by atoms with E-state index < -0.39 is 11.7 Å². The second-order valence-electron chi connectivity index (χ2n) is 5.13. The van der Waals surface area contributed by atoms with Crippen LogP contribution in [0.3, 0.4) is 0 Å². The molecule has 0 aliphatic carbocycles. The number of anilines is 1. The molecular weight excluding hydrogens is 373 g/mol. The molecule has 3 aromatic rings. The highest BCUT2D eigenvalue weighted by Crippen LogP contribution is 2.39. The number of rotatable bonds is 4. The Morgan fingerprint density at radius 3 is 2.68 bits per heavy atom. The number of nitrogen functional groups attached to an aromatic ring is 1. The number of pyridine rings is 1. The topological polar surface area (TPSA) is 77.8 Å². The van der Waals surface area contributed by atoms with Crippen LogP contribution in [0.15, 0.2) is 39.2 Å². The van der Waals surface area contributed by atoms with Gasteiger partial charge < -0.3 is 10.2 Å². The Labute approximate surface area is 149 Å². The molecule has 0 aliphatic heterocycles. The number of alkyl halides is 3. The number of nitrogens with two attached hydrogens (primary N) is 1. The lowest BCUT2D eigenvalue weighted by Gasteiger charge is -2.11. The number of hydrogen-bond acceptors (Lipinski definition) is 7. The van der Waals surface area contributed by atoms with Gasteiger partial charge in [-0.05, 0) is 19.2 Å². The van der Waals surface area contributed by atoms with Gasteiger partial charge in [0.05, 0.1) is 17.1 Å². The van der Waals surface area contributed by atoms with Crippen molar-refractivity contribution in [2.75, 3.05) is 12.0 Å². The van der Waals surface area contributed by atoms with Crippen LogP contribution in [-0.4, -0.2) is 21.2 Å². The van der Waals surface area contributed by atoms with Crippen LogP contribution in [0.2, 0.25) is 0 Å². The second kappa shape index (κ2) is 6.75. The zero-order valence-corrected chi connectivity index (χ0v) is 14.8. The van der Waals surface area contributed by atoms with E-state index in [0.717, 1.165) is 5.03 Å². The Morgan fingerprint density at radius 1 is 1.24 bits per heavy atom. The molecule has 1 unspecified atom stereocenters. The number of fused-ring (bicyclic) bond motifs is 1. The largest absolute Gasteiger partial charge is 0.462 e. The van der Waals surface area contributed by atoms with E-state index in [9.17, 15) is 13.2 Å². The zero-order valence-electron chi connectivity index (χ0n) is 13.2. The summed E-state index contributed by atoms with van der Waals surface area (Å²) >= 11 is 2.71. The Bertz CT molecular complexity index is 913. The minimum Gasteiger partial charge on any atom is -0.462 e. The minimum atomic E-state index is -4.48. The highest BCUT2D eigenvalue weighted by Gasteiger charge is 2.35. The van der Waals surface area contributed by atoms with Gasteiger partial charge in [0.1, 0.15) is 22.7 Å². The third kappa shape index (κ3) is 3.84. The molecule has 0 saturated carbocycles. The van der Waals surface area contributed by atoms with Gasteiger partial charge in [0.15, 0.2) is 10.7 Å². The maximum Gasteiger partial charge on any atom is 0.420 e. The average Bonchev–Trinajstić information content (AvgIpc) is 2.97. The van der Waals surface area contributed by atoms with E-state index >= 15 is 0 Å². The van der Waals surface area contributed by atoms with Crippen LogP contribution in [0.5, 0.6) is 0 Å². The van der Waals surface area contributed by atoms with Gasteiger partial charge in [-0.1, -0.05) is 11.8 Å². The normalized spacial score (nSPS) is 13.3. The average molecular weight is 386 g/mol. The van der Waals surface area contributed by atoms with Crippen molar-refractivity contribution >= 4 is 40.3 Å². The first-order valence-electron chi connectivity index (χ1n) is 7.07.